The number of carbonyl (C=O) groups is 1. The average molecular weight is 1000 g/mol. The second-order valence-corrected chi connectivity index (χ2v) is 18.0. The lowest BCUT2D eigenvalue weighted by molar-refractivity contribution is -0.348. The quantitative estimate of drug-likeness (QED) is 0.0504. The Hall–Kier alpha value is -6.46. The number of benzene rings is 6. The van der Waals surface area contributed by atoms with Crippen LogP contribution < -0.4 is 0 Å². The molecule has 0 unspecified atom stereocenters. The minimum atomic E-state index is -1.13. The van der Waals surface area contributed by atoms with Crippen molar-refractivity contribution in [2.24, 2.45) is 0 Å². The molecule has 10 atom stereocenters. The van der Waals surface area contributed by atoms with Gasteiger partial charge >= 0.3 is 5.97 Å². The van der Waals surface area contributed by atoms with Gasteiger partial charge in [0.25, 0.3) is 0 Å². The van der Waals surface area contributed by atoms with Crippen molar-refractivity contribution < 1.29 is 56.9 Å². The van der Waals surface area contributed by atoms with Crippen LogP contribution in [0.2, 0.25) is 0 Å². The molecule has 74 heavy (non-hydrogen) atoms. The third-order valence-corrected chi connectivity index (χ3v) is 12.8. The van der Waals surface area contributed by atoms with Gasteiger partial charge < -0.3 is 52.1 Å². The Labute approximate surface area is 433 Å². The van der Waals surface area contributed by atoms with Crippen LogP contribution in [-0.4, -0.2) is 92.7 Å². The van der Waals surface area contributed by atoms with Gasteiger partial charge in [0.1, 0.15) is 48.4 Å². The molecule has 3 heterocycles. The summed E-state index contributed by atoms with van der Waals surface area (Å²) in [5, 5.41) is 0. The fourth-order valence-electron chi connectivity index (χ4n) is 8.98. The molecule has 384 valence electrons. The molecule has 0 spiro atoms. The number of pyridine rings is 1. The van der Waals surface area contributed by atoms with Crippen molar-refractivity contribution in [2.45, 2.75) is 101 Å². The van der Waals surface area contributed by atoms with Gasteiger partial charge in [0, 0.05) is 13.3 Å². The minimum absolute atomic E-state index is 0.00412. The monoisotopic (exact) mass is 1000 g/mol. The number of ether oxygens (including phenoxy) is 11. The van der Waals surface area contributed by atoms with Gasteiger partial charge in [-0.05, 0) is 45.5 Å². The van der Waals surface area contributed by atoms with E-state index in [0.29, 0.717) is 0 Å². The Morgan fingerprint density at radius 1 is 0.392 bits per heavy atom. The lowest BCUT2D eigenvalue weighted by atomic mass is 9.97. The van der Waals surface area contributed by atoms with Gasteiger partial charge in [-0.25, -0.2) is 9.78 Å². The summed E-state index contributed by atoms with van der Waals surface area (Å²) in [6, 6.07) is 64.2. The van der Waals surface area contributed by atoms with Crippen molar-refractivity contribution in [3.05, 3.63) is 245 Å². The van der Waals surface area contributed by atoms with Crippen molar-refractivity contribution >= 4 is 5.97 Å². The molecular formula is C61H63NO12. The molecule has 0 saturated carbocycles. The van der Waals surface area contributed by atoms with E-state index in [0.717, 1.165) is 33.4 Å². The number of esters is 1. The molecule has 9 rings (SSSR count). The van der Waals surface area contributed by atoms with E-state index < -0.39 is 67.4 Å². The van der Waals surface area contributed by atoms with Crippen LogP contribution in [0.25, 0.3) is 0 Å². The summed E-state index contributed by atoms with van der Waals surface area (Å²) in [7, 11) is 1.58. The zero-order valence-corrected chi connectivity index (χ0v) is 41.4. The van der Waals surface area contributed by atoms with Crippen LogP contribution >= 0.6 is 0 Å². The topological polar surface area (TPSA) is 131 Å². The standard InChI is InChI=1S/C61H63NO12/c1-64-60-57(69-40-48-30-16-6-17-31-48)55(67-38-46-26-12-4-13-27-46)53(66-37-45-24-10-3-11-25-45)52(72-60)43-71-61-58(70-41-49-32-18-7-19-33-49)56(68-39-47-28-14-5-15-29-47)54(74-59(63)50-34-20-21-35-62-50)51(73-61)42-65-36-44-22-8-2-9-23-44/h2-35,51-58,60-61H,36-43H2,1H3/t51-,52-,53-,54-,55+,56+,57-,58-,60+,61+/m1/s1. The van der Waals surface area contributed by atoms with E-state index in [1.54, 1.807) is 31.5 Å². The van der Waals surface area contributed by atoms with Gasteiger partial charge in [0.15, 0.2) is 18.7 Å². The maximum absolute atomic E-state index is 14.1. The van der Waals surface area contributed by atoms with E-state index in [1.807, 2.05) is 182 Å². The van der Waals surface area contributed by atoms with E-state index in [9.17, 15) is 4.79 Å². The number of hydrogen-bond donors (Lipinski definition) is 0. The van der Waals surface area contributed by atoms with E-state index in [2.05, 4.69) is 4.98 Å². The predicted octanol–water partition coefficient (Wildman–Crippen LogP) is 9.86. The molecule has 7 aromatic rings. The molecule has 0 aliphatic carbocycles. The first-order valence-corrected chi connectivity index (χ1v) is 25.0. The van der Waals surface area contributed by atoms with Crippen LogP contribution in [0.3, 0.4) is 0 Å². The molecule has 2 aliphatic heterocycles. The van der Waals surface area contributed by atoms with E-state index in [-0.39, 0.29) is 58.5 Å². The number of methoxy groups -OCH3 is 1. The van der Waals surface area contributed by atoms with Crippen LogP contribution in [0, 0.1) is 0 Å². The first-order chi connectivity index (χ1) is 36.6. The van der Waals surface area contributed by atoms with Crippen molar-refractivity contribution in [3.8, 4) is 0 Å². The summed E-state index contributed by atoms with van der Waals surface area (Å²) in [6.45, 7) is 1.25. The highest BCUT2D eigenvalue weighted by atomic mass is 16.8. The van der Waals surface area contributed by atoms with Crippen molar-refractivity contribution in [3.63, 3.8) is 0 Å². The maximum Gasteiger partial charge on any atom is 0.357 e. The minimum Gasteiger partial charge on any atom is -0.452 e. The Balaban J connectivity index is 1.06. The largest absolute Gasteiger partial charge is 0.452 e. The zero-order chi connectivity index (χ0) is 50.6. The van der Waals surface area contributed by atoms with Gasteiger partial charge in [-0.15, -0.1) is 0 Å². The third-order valence-electron chi connectivity index (χ3n) is 12.8. The van der Waals surface area contributed by atoms with Crippen LogP contribution in [0.1, 0.15) is 43.9 Å². The second-order valence-electron chi connectivity index (χ2n) is 18.0. The SMILES string of the molecule is CO[C@H]1O[C@H](CO[C@H]2O[C@H](COCc3ccccc3)[C@@H](OC(=O)c3ccccn3)[C@H](OCc3ccccc3)[C@H]2OCc2ccccc2)[C@@H](OCc2ccccc2)[C@H](OCc2ccccc2)[C@H]1OCc1ccccc1. The number of hydrogen-bond acceptors (Lipinski definition) is 13. The predicted molar refractivity (Wildman–Crippen MR) is 275 cm³/mol. The van der Waals surface area contributed by atoms with Gasteiger partial charge in [0.05, 0.1) is 52.9 Å². The Bertz CT molecular complexity index is 2660. The summed E-state index contributed by atoms with van der Waals surface area (Å²) >= 11 is 0. The molecule has 2 aliphatic rings. The Kier molecular flexibility index (Phi) is 19.6. The van der Waals surface area contributed by atoms with E-state index >= 15 is 0 Å². The molecule has 6 aromatic carbocycles. The van der Waals surface area contributed by atoms with Gasteiger partial charge in [-0.2, -0.15) is 0 Å². The molecule has 1 aromatic heterocycles. The number of aromatic nitrogens is 1. The van der Waals surface area contributed by atoms with Crippen LogP contribution in [0.5, 0.6) is 0 Å². The number of rotatable bonds is 25. The fraction of sp³-hybridized carbons (Fsp3) is 0.311. The highest BCUT2D eigenvalue weighted by Crippen LogP contribution is 2.35. The molecule has 0 N–H and O–H groups in total. The molecule has 0 radical (unpaired) electrons. The smallest absolute Gasteiger partial charge is 0.357 e. The summed E-state index contributed by atoms with van der Waals surface area (Å²) in [5.74, 6) is -0.660. The zero-order valence-electron chi connectivity index (χ0n) is 41.4. The van der Waals surface area contributed by atoms with Gasteiger partial charge in [0.2, 0.25) is 0 Å². The Morgan fingerprint density at radius 3 is 1.19 bits per heavy atom. The van der Waals surface area contributed by atoms with Gasteiger partial charge in [-0.1, -0.05) is 188 Å². The van der Waals surface area contributed by atoms with E-state index in [4.69, 9.17) is 52.1 Å². The highest BCUT2D eigenvalue weighted by molar-refractivity contribution is 5.87. The van der Waals surface area contributed by atoms with Crippen LogP contribution in [-0.2, 0) is 91.7 Å². The maximum atomic E-state index is 14.1. The van der Waals surface area contributed by atoms with Crippen molar-refractivity contribution in [2.75, 3.05) is 20.3 Å². The molecule has 2 saturated heterocycles. The third kappa shape index (κ3) is 14.9. The molecule has 13 heteroatoms. The second kappa shape index (κ2) is 27.7. The first-order valence-electron chi connectivity index (χ1n) is 25.0. The molecular weight excluding hydrogens is 939 g/mol. The summed E-state index contributed by atoms with van der Waals surface area (Å²) in [4.78, 5) is 18.4. The summed E-state index contributed by atoms with van der Waals surface area (Å²) in [5.41, 5.74) is 5.78. The highest BCUT2D eigenvalue weighted by Gasteiger charge is 2.53. The molecule has 13 nitrogen and oxygen atoms in total. The van der Waals surface area contributed by atoms with Crippen LogP contribution in [0.15, 0.2) is 206 Å². The van der Waals surface area contributed by atoms with Crippen LogP contribution in [0.4, 0.5) is 0 Å². The normalized spacial score (nSPS) is 23.7. The van der Waals surface area contributed by atoms with Crippen molar-refractivity contribution in [1.29, 1.82) is 0 Å². The van der Waals surface area contributed by atoms with E-state index in [1.165, 1.54) is 0 Å². The first kappa shape index (κ1) is 52.4. The van der Waals surface area contributed by atoms with Crippen molar-refractivity contribution in [1.82, 2.24) is 4.98 Å². The molecule has 0 amide bonds. The molecule has 0 bridgehead atoms. The lowest BCUT2D eigenvalue weighted by Crippen LogP contribution is -2.64. The average Bonchev–Trinajstić information content (AvgIpc) is 3.46. The summed E-state index contributed by atoms with van der Waals surface area (Å²) in [6.07, 6.45) is -7.45. The fourth-order valence-corrected chi connectivity index (χ4v) is 8.98. The van der Waals surface area contributed by atoms with Gasteiger partial charge in [-0.3, -0.25) is 0 Å². The summed E-state index contributed by atoms with van der Waals surface area (Å²) < 4.78 is 74.0. The number of carbonyl (C=O) groups excluding carboxylic acids is 1. The molecule has 2 fully saturated rings. The number of nitrogens with zero attached hydrogens (tertiary/aromatic N) is 1. The lowest BCUT2D eigenvalue weighted by Gasteiger charge is -2.47. The Morgan fingerprint density at radius 2 is 0.757 bits per heavy atom.